The molecule has 1 aromatic heterocycles. The maximum absolute atomic E-state index is 5.38. The van der Waals surface area contributed by atoms with Crippen molar-refractivity contribution in [3.8, 4) is 5.75 Å². The van der Waals surface area contributed by atoms with Gasteiger partial charge >= 0.3 is 0 Å². The molecule has 0 radical (unpaired) electrons. The van der Waals surface area contributed by atoms with Gasteiger partial charge in [0.15, 0.2) is 0 Å². The van der Waals surface area contributed by atoms with Gasteiger partial charge in [0, 0.05) is 24.0 Å². The molecule has 0 amide bonds. The molecule has 2 rings (SSSR count). The van der Waals surface area contributed by atoms with E-state index in [-0.39, 0.29) is 6.04 Å². The molecule has 0 aliphatic heterocycles. The molecule has 1 N–H and O–H groups in total. The van der Waals surface area contributed by atoms with E-state index in [2.05, 4.69) is 35.4 Å². The Balaban J connectivity index is 1.89. The van der Waals surface area contributed by atoms with E-state index in [1.807, 2.05) is 30.6 Å². The summed E-state index contributed by atoms with van der Waals surface area (Å²) in [5.74, 6) is 0.936. The largest absolute Gasteiger partial charge is 0.496 e. The lowest BCUT2D eigenvalue weighted by atomic mass is 10.1. The van der Waals surface area contributed by atoms with Gasteiger partial charge < -0.3 is 10.1 Å². The fourth-order valence-corrected chi connectivity index (χ4v) is 2.12. The van der Waals surface area contributed by atoms with Gasteiger partial charge in [-0.15, -0.1) is 0 Å². The molecular formula is C16H20N2O. The van der Waals surface area contributed by atoms with Crippen LogP contribution in [0.4, 0.5) is 0 Å². The number of benzene rings is 1. The van der Waals surface area contributed by atoms with Crippen LogP contribution >= 0.6 is 0 Å². The Labute approximate surface area is 114 Å². The topological polar surface area (TPSA) is 34.1 Å². The molecule has 2 aromatic rings. The van der Waals surface area contributed by atoms with Crippen molar-refractivity contribution < 1.29 is 4.74 Å². The Morgan fingerprint density at radius 2 is 1.89 bits per heavy atom. The first kappa shape index (κ1) is 13.6. The number of aromatic nitrogens is 1. The fourth-order valence-electron chi connectivity index (χ4n) is 2.12. The molecule has 19 heavy (non-hydrogen) atoms. The summed E-state index contributed by atoms with van der Waals surface area (Å²) in [4.78, 5) is 4.02. The zero-order chi connectivity index (χ0) is 13.5. The van der Waals surface area contributed by atoms with Crippen LogP contribution in [0.5, 0.6) is 5.75 Å². The number of ether oxygens (including phenoxy) is 1. The second-order valence-corrected chi connectivity index (χ2v) is 4.52. The van der Waals surface area contributed by atoms with Gasteiger partial charge in [0.05, 0.1) is 7.11 Å². The van der Waals surface area contributed by atoms with Crippen LogP contribution in [-0.2, 0) is 6.42 Å². The van der Waals surface area contributed by atoms with E-state index in [0.717, 1.165) is 18.7 Å². The summed E-state index contributed by atoms with van der Waals surface area (Å²) in [6.45, 7) is 3.09. The predicted octanol–water partition coefficient (Wildman–Crippen LogP) is 2.98. The Morgan fingerprint density at radius 1 is 1.16 bits per heavy atom. The second-order valence-electron chi connectivity index (χ2n) is 4.52. The molecule has 1 heterocycles. The number of rotatable bonds is 6. The van der Waals surface area contributed by atoms with Gasteiger partial charge in [0.25, 0.3) is 0 Å². The van der Waals surface area contributed by atoms with Crippen molar-refractivity contribution in [2.24, 2.45) is 0 Å². The fraction of sp³-hybridized carbons (Fsp3) is 0.312. The number of hydrogen-bond donors (Lipinski definition) is 1. The monoisotopic (exact) mass is 256 g/mol. The van der Waals surface area contributed by atoms with E-state index in [1.54, 1.807) is 7.11 Å². The molecule has 0 aliphatic carbocycles. The van der Waals surface area contributed by atoms with E-state index in [0.29, 0.717) is 0 Å². The van der Waals surface area contributed by atoms with E-state index in [1.165, 1.54) is 11.1 Å². The summed E-state index contributed by atoms with van der Waals surface area (Å²) >= 11 is 0. The lowest BCUT2D eigenvalue weighted by Gasteiger charge is -2.17. The van der Waals surface area contributed by atoms with Crippen LogP contribution in [0.2, 0.25) is 0 Å². The Hall–Kier alpha value is -1.87. The Kier molecular flexibility index (Phi) is 4.93. The smallest absolute Gasteiger partial charge is 0.123 e. The number of methoxy groups -OCH3 is 1. The second kappa shape index (κ2) is 6.90. The van der Waals surface area contributed by atoms with Gasteiger partial charge in [0.1, 0.15) is 5.75 Å². The Bertz CT molecular complexity index is 499. The van der Waals surface area contributed by atoms with Gasteiger partial charge in [-0.1, -0.05) is 18.2 Å². The van der Waals surface area contributed by atoms with Crippen molar-refractivity contribution in [1.29, 1.82) is 0 Å². The first-order valence-corrected chi connectivity index (χ1v) is 6.56. The van der Waals surface area contributed by atoms with E-state index >= 15 is 0 Å². The first-order chi connectivity index (χ1) is 9.31. The van der Waals surface area contributed by atoms with Crippen LogP contribution in [0.1, 0.15) is 24.1 Å². The zero-order valence-corrected chi connectivity index (χ0v) is 11.5. The molecule has 0 saturated heterocycles. The molecule has 0 unspecified atom stereocenters. The van der Waals surface area contributed by atoms with Crippen LogP contribution in [0.25, 0.3) is 0 Å². The minimum atomic E-state index is 0.276. The summed E-state index contributed by atoms with van der Waals surface area (Å²) < 4.78 is 5.38. The van der Waals surface area contributed by atoms with Crippen LogP contribution in [0.3, 0.4) is 0 Å². The van der Waals surface area contributed by atoms with Gasteiger partial charge in [-0.05, 0) is 43.7 Å². The molecule has 0 spiro atoms. The lowest BCUT2D eigenvalue weighted by Crippen LogP contribution is -2.21. The summed E-state index contributed by atoms with van der Waals surface area (Å²) in [7, 11) is 1.71. The van der Waals surface area contributed by atoms with Crippen molar-refractivity contribution >= 4 is 0 Å². The Morgan fingerprint density at radius 3 is 2.63 bits per heavy atom. The van der Waals surface area contributed by atoms with E-state index in [4.69, 9.17) is 4.74 Å². The van der Waals surface area contributed by atoms with Crippen LogP contribution in [0, 0.1) is 0 Å². The summed E-state index contributed by atoms with van der Waals surface area (Å²) in [6.07, 6.45) is 4.67. The number of pyridine rings is 1. The minimum absolute atomic E-state index is 0.276. The number of para-hydroxylation sites is 1. The molecule has 1 atom stereocenters. The van der Waals surface area contributed by atoms with Gasteiger partial charge in [0.2, 0.25) is 0 Å². The first-order valence-electron chi connectivity index (χ1n) is 6.56. The zero-order valence-electron chi connectivity index (χ0n) is 11.5. The number of hydrogen-bond acceptors (Lipinski definition) is 3. The molecule has 100 valence electrons. The summed E-state index contributed by atoms with van der Waals surface area (Å²) in [5, 5.41) is 3.52. The van der Waals surface area contributed by atoms with Crippen LogP contribution in [0.15, 0.2) is 48.8 Å². The van der Waals surface area contributed by atoms with Crippen molar-refractivity contribution in [3.05, 3.63) is 59.9 Å². The third-order valence-corrected chi connectivity index (χ3v) is 3.22. The predicted molar refractivity (Wildman–Crippen MR) is 77.4 cm³/mol. The van der Waals surface area contributed by atoms with Gasteiger partial charge in [-0.25, -0.2) is 0 Å². The lowest BCUT2D eigenvalue weighted by molar-refractivity contribution is 0.402. The molecule has 0 fully saturated rings. The average Bonchev–Trinajstić information content (AvgIpc) is 2.48. The highest BCUT2D eigenvalue weighted by atomic mass is 16.5. The average molecular weight is 256 g/mol. The molecule has 0 aliphatic rings. The molecule has 0 saturated carbocycles. The van der Waals surface area contributed by atoms with Crippen molar-refractivity contribution in [1.82, 2.24) is 10.3 Å². The summed E-state index contributed by atoms with van der Waals surface area (Å²) in [5.41, 5.74) is 2.49. The third kappa shape index (κ3) is 3.80. The standard InChI is InChI=1S/C16H20N2O/c1-13(15-5-3-4-6-16(15)19-2)18-12-9-14-7-10-17-11-8-14/h3-8,10-11,13,18H,9,12H2,1-2H3/t13-/m1/s1. The maximum atomic E-state index is 5.38. The van der Waals surface area contributed by atoms with Crippen molar-refractivity contribution in [2.75, 3.05) is 13.7 Å². The third-order valence-electron chi connectivity index (χ3n) is 3.22. The maximum Gasteiger partial charge on any atom is 0.123 e. The molecular weight excluding hydrogens is 236 g/mol. The number of nitrogens with zero attached hydrogens (tertiary/aromatic N) is 1. The number of nitrogens with one attached hydrogen (secondary N) is 1. The molecule has 0 bridgehead atoms. The SMILES string of the molecule is COc1ccccc1[C@@H](C)NCCc1ccncc1. The highest BCUT2D eigenvalue weighted by molar-refractivity contribution is 5.35. The van der Waals surface area contributed by atoms with Gasteiger partial charge in [-0.2, -0.15) is 0 Å². The summed E-state index contributed by atoms with van der Waals surface area (Å²) in [6, 6.07) is 12.5. The molecule has 1 aromatic carbocycles. The highest BCUT2D eigenvalue weighted by Gasteiger charge is 2.09. The van der Waals surface area contributed by atoms with E-state index in [9.17, 15) is 0 Å². The van der Waals surface area contributed by atoms with Gasteiger partial charge in [-0.3, -0.25) is 4.98 Å². The van der Waals surface area contributed by atoms with Crippen LogP contribution in [-0.4, -0.2) is 18.6 Å². The highest BCUT2D eigenvalue weighted by Crippen LogP contribution is 2.24. The van der Waals surface area contributed by atoms with Crippen molar-refractivity contribution in [3.63, 3.8) is 0 Å². The van der Waals surface area contributed by atoms with Crippen molar-refractivity contribution in [2.45, 2.75) is 19.4 Å². The molecule has 3 heteroatoms. The minimum Gasteiger partial charge on any atom is -0.496 e. The van der Waals surface area contributed by atoms with Crippen LogP contribution < -0.4 is 10.1 Å². The van der Waals surface area contributed by atoms with E-state index < -0.39 is 0 Å². The normalized spacial score (nSPS) is 12.1. The quantitative estimate of drug-likeness (QED) is 0.862. The molecule has 3 nitrogen and oxygen atoms in total.